The molecule has 102 heavy (non-hydrogen) atoms. The fourth-order valence-corrected chi connectivity index (χ4v) is 14.6. The third-order valence-corrected chi connectivity index (χ3v) is 20.0. The quantitative estimate of drug-likeness (QED) is 0.0287. The molecule has 0 aromatic carbocycles. The van der Waals surface area contributed by atoms with Gasteiger partial charge in [-0.3, -0.25) is 43.7 Å². The van der Waals surface area contributed by atoms with E-state index in [-0.39, 0.29) is 87.7 Å². The molecule has 29 nitrogen and oxygen atoms in total. The Bertz CT molecular complexity index is 4520. The number of aromatic amines is 3. The maximum atomic E-state index is 14.6. The maximum Gasteiger partial charge on any atom is 0.275 e. The molecule has 0 unspecified atom stereocenters. The van der Waals surface area contributed by atoms with Gasteiger partial charge in [-0.1, -0.05) is 0 Å². The van der Waals surface area contributed by atoms with Crippen molar-refractivity contribution in [3.05, 3.63) is 143 Å². The first-order valence-corrected chi connectivity index (χ1v) is 35.7. The van der Waals surface area contributed by atoms with E-state index in [4.69, 9.17) is 18.6 Å². The average Bonchev–Trinajstić information content (AvgIpc) is 1.75. The van der Waals surface area contributed by atoms with Crippen molar-refractivity contribution in [2.75, 3.05) is 35.8 Å². The largest absolute Gasteiger partial charge is 0.422 e. The van der Waals surface area contributed by atoms with Gasteiger partial charge in [0, 0.05) is 89.8 Å². The molecule has 12 aromatic heterocycles. The van der Waals surface area contributed by atoms with Crippen molar-refractivity contribution in [2.45, 2.75) is 134 Å². The first-order chi connectivity index (χ1) is 49.7. The van der Waals surface area contributed by atoms with Crippen LogP contribution in [0.4, 0.5) is 34.6 Å². The van der Waals surface area contributed by atoms with Crippen molar-refractivity contribution in [2.24, 2.45) is 0 Å². The molecule has 15 rings (SSSR count). The molecule has 36 heteroatoms. The Morgan fingerprint density at radius 3 is 1.14 bits per heavy atom. The molecule has 3 saturated carbocycles. The molecule has 3 aliphatic carbocycles. The van der Waals surface area contributed by atoms with Crippen LogP contribution in [-0.4, -0.2) is 151 Å². The van der Waals surface area contributed by atoms with E-state index in [0.29, 0.717) is 51.4 Å². The predicted molar refractivity (Wildman–Crippen MR) is 368 cm³/mol. The second kappa shape index (κ2) is 32.5. The monoisotopic (exact) mass is 1450 g/mol. The number of hydrogen-bond acceptors (Lipinski definition) is 23. The van der Waals surface area contributed by atoms with Gasteiger partial charge >= 0.3 is 0 Å². The predicted octanol–water partition coefficient (Wildman–Crippen LogP) is 13.2. The number of H-pyrrole nitrogens is 3. The van der Waals surface area contributed by atoms with Crippen molar-refractivity contribution in [3.8, 4) is 66.1 Å². The van der Waals surface area contributed by atoms with Crippen LogP contribution in [0, 0.1) is 23.5 Å². The van der Waals surface area contributed by atoms with E-state index in [1.165, 1.54) is 40.4 Å². The number of rotatable bonds is 21. The van der Waals surface area contributed by atoms with E-state index in [9.17, 15) is 31.9 Å². The summed E-state index contributed by atoms with van der Waals surface area (Å²) in [5.41, 5.74) is 4.05. The molecule has 6 N–H and O–H groups in total. The van der Waals surface area contributed by atoms with E-state index in [1.807, 2.05) is 31.6 Å². The standard InChI is InChI=1S/2C23H23F2N7O2S.C20H22N8O3S/c2*1-2-34-15-5-3-14(4-6-15)32-11-17(21(31-32)20-16(24)7-8-19(25)30-20)28-22(33)18-12-35-23(29-18)13-9-26-27-10-13;1-2-30-14-5-3-13(4-6-14)28-9-15(17(27-28)19-26-23-11-31-19)24-18(29)16-10-32-20(25-16)12-7-21-22-8-12/h2*7-12,14-15H,2-6H2,1H3,(H,26,27)(H,28,33);7-11,13-14H,2-6H2,1H3,(H,21,22)(H,24,29). The highest BCUT2D eigenvalue weighted by atomic mass is 32.1. The molecule has 0 saturated heterocycles. The molecular weight excluding hydrogens is 1390 g/mol. The number of amides is 3. The number of carbonyl (C=O) groups excluding carboxylic acids is 3. The molecule has 0 spiro atoms. The van der Waals surface area contributed by atoms with Crippen molar-refractivity contribution in [1.82, 2.24) is 95.1 Å². The minimum absolute atomic E-state index is 0.0414. The fourth-order valence-electron chi connectivity index (χ4n) is 12.3. The molecular formula is C66H68F4N22O7S3. The zero-order valence-corrected chi connectivity index (χ0v) is 57.6. The zero-order chi connectivity index (χ0) is 70.6. The molecule has 12 heterocycles. The number of carbonyl (C=O) groups is 3. The molecule has 530 valence electrons. The number of nitrogens with one attached hydrogen (secondary N) is 6. The van der Waals surface area contributed by atoms with Crippen molar-refractivity contribution < 1.29 is 50.6 Å². The third kappa shape index (κ3) is 16.6. The molecule has 3 fully saturated rings. The Morgan fingerprint density at radius 1 is 0.480 bits per heavy atom. The summed E-state index contributed by atoms with van der Waals surface area (Å²) in [6.07, 6.45) is 27.7. The molecule has 0 radical (unpaired) electrons. The molecule has 3 amide bonds. The van der Waals surface area contributed by atoms with E-state index in [0.717, 1.165) is 125 Å². The van der Waals surface area contributed by atoms with Crippen LogP contribution in [0.5, 0.6) is 0 Å². The molecule has 3 aliphatic rings. The topological polar surface area (TPSA) is 358 Å². The van der Waals surface area contributed by atoms with Gasteiger partial charge in [0.25, 0.3) is 23.6 Å². The van der Waals surface area contributed by atoms with Gasteiger partial charge in [-0.15, -0.1) is 44.2 Å². The van der Waals surface area contributed by atoms with E-state index in [2.05, 4.69) is 97.0 Å². The van der Waals surface area contributed by atoms with Crippen molar-refractivity contribution in [1.29, 1.82) is 0 Å². The lowest BCUT2D eigenvalue weighted by atomic mass is 9.93. The normalized spacial score (nSPS) is 18.2. The number of nitrogens with zero attached hydrogens (tertiary/aromatic N) is 16. The zero-order valence-electron chi connectivity index (χ0n) is 55.1. The number of thiazole rings is 3. The Balaban J connectivity index is 0.000000137. The SMILES string of the molecule is CCOC1CCC(n2cc(NC(=O)c3csc(-c4cn[nH]c4)n3)c(-c3nc(F)ccc3F)n2)CC1.CCOC1CCC(n2cc(NC(=O)c3csc(-c4cn[nH]c4)n3)c(-c3nc(F)ccc3F)n2)CC1.CCOC1CCC(n2cc(NC(=O)c3csc(-c4cn[nH]c4)n3)c(-c3nnco3)n2)CC1. The Labute approximate surface area is 590 Å². The third-order valence-electron chi connectivity index (χ3n) is 17.3. The summed E-state index contributed by atoms with van der Waals surface area (Å²) in [5, 5.41) is 56.7. The number of halogens is 4. The minimum atomic E-state index is -0.838. The van der Waals surface area contributed by atoms with Crippen molar-refractivity contribution >= 4 is 68.8 Å². The lowest BCUT2D eigenvalue weighted by Crippen LogP contribution is -2.24. The molecule has 0 aliphatic heterocycles. The summed E-state index contributed by atoms with van der Waals surface area (Å²) in [4.78, 5) is 59.5. The van der Waals surface area contributed by atoms with Crippen molar-refractivity contribution in [3.63, 3.8) is 0 Å². The molecule has 0 atom stereocenters. The highest BCUT2D eigenvalue weighted by Crippen LogP contribution is 2.39. The van der Waals surface area contributed by atoms with Gasteiger partial charge in [0.2, 0.25) is 18.3 Å². The summed E-state index contributed by atoms with van der Waals surface area (Å²) in [6.45, 7) is 8.03. The summed E-state index contributed by atoms with van der Waals surface area (Å²) in [5.74, 6) is -4.21. The summed E-state index contributed by atoms with van der Waals surface area (Å²) in [6, 6.07) is 4.16. The van der Waals surface area contributed by atoms with Crippen LogP contribution in [0.2, 0.25) is 0 Å². The second-order valence-corrected chi connectivity index (χ2v) is 26.5. The number of anilines is 3. The van der Waals surface area contributed by atoms with Gasteiger partial charge in [0.15, 0.2) is 17.3 Å². The van der Waals surface area contributed by atoms with E-state index < -0.39 is 35.3 Å². The van der Waals surface area contributed by atoms with Crippen LogP contribution in [0.3, 0.4) is 0 Å². The first kappa shape index (κ1) is 70.1. The summed E-state index contributed by atoms with van der Waals surface area (Å²) >= 11 is 3.97. The van der Waals surface area contributed by atoms with Gasteiger partial charge < -0.3 is 34.6 Å². The smallest absolute Gasteiger partial charge is 0.275 e. The van der Waals surface area contributed by atoms with Crippen LogP contribution in [0.15, 0.2) is 107 Å². The number of hydrogen-bond donors (Lipinski definition) is 6. The van der Waals surface area contributed by atoms with Gasteiger partial charge in [-0.2, -0.15) is 39.4 Å². The van der Waals surface area contributed by atoms with E-state index >= 15 is 0 Å². The van der Waals surface area contributed by atoms with E-state index in [1.54, 1.807) is 75.1 Å². The van der Waals surface area contributed by atoms with Gasteiger partial charge in [0.05, 0.1) is 72.1 Å². The highest BCUT2D eigenvalue weighted by molar-refractivity contribution is 7.14. The lowest BCUT2D eigenvalue weighted by molar-refractivity contribution is 0.0258. The molecule has 0 bridgehead atoms. The van der Waals surface area contributed by atoms with Crippen LogP contribution < -0.4 is 16.0 Å². The average molecular weight is 1450 g/mol. The first-order valence-electron chi connectivity index (χ1n) is 33.1. The van der Waals surface area contributed by atoms with Gasteiger partial charge in [-0.25, -0.2) is 33.7 Å². The summed E-state index contributed by atoms with van der Waals surface area (Å²) < 4.78 is 84.8. The van der Waals surface area contributed by atoms with Gasteiger partial charge in [-0.05, 0) is 122 Å². The summed E-state index contributed by atoms with van der Waals surface area (Å²) in [7, 11) is 0. The van der Waals surface area contributed by atoms with Crippen LogP contribution in [0.25, 0.3) is 66.1 Å². The van der Waals surface area contributed by atoms with Crippen LogP contribution in [-0.2, 0) is 14.2 Å². The Morgan fingerprint density at radius 2 is 0.824 bits per heavy atom. The molecule has 12 aromatic rings. The number of aromatic nitrogens is 19. The maximum absolute atomic E-state index is 14.6. The lowest BCUT2D eigenvalue weighted by Gasteiger charge is -2.28. The Kier molecular flexibility index (Phi) is 22.3. The number of ether oxygens (including phenoxy) is 3. The Hall–Kier alpha value is -10.4. The highest BCUT2D eigenvalue weighted by Gasteiger charge is 2.31. The minimum Gasteiger partial charge on any atom is -0.422 e. The number of pyridine rings is 2. The van der Waals surface area contributed by atoms with Crippen LogP contribution in [0.1, 0.15) is 147 Å². The van der Waals surface area contributed by atoms with Gasteiger partial charge in [0.1, 0.15) is 54.9 Å². The van der Waals surface area contributed by atoms with Crippen LogP contribution >= 0.6 is 34.0 Å². The fraction of sp³-hybridized carbons (Fsp3) is 0.364. The second-order valence-electron chi connectivity index (χ2n) is 23.9.